The van der Waals surface area contributed by atoms with Gasteiger partial charge in [-0.1, -0.05) is 16.8 Å². The highest BCUT2D eigenvalue weighted by Gasteiger charge is 2.14. The average molecular weight is 339 g/mol. The van der Waals surface area contributed by atoms with E-state index in [0.29, 0.717) is 20.7 Å². The minimum Gasteiger partial charge on any atom is -0.380 e. The standard InChI is InChI=1S/C9H5ClFIN2O/c10-5-2-1-4(3-6(5)11)8-7(12)9(13)14-15-8/h1-3H,(H2,13,14). The molecule has 78 valence electrons. The number of anilines is 1. The molecule has 1 heterocycles. The summed E-state index contributed by atoms with van der Waals surface area (Å²) in [5.74, 6) is 0.240. The number of halogens is 3. The van der Waals surface area contributed by atoms with Gasteiger partial charge in [-0.2, -0.15) is 0 Å². The number of benzene rings is 1. The zero-order valence-corrected chi connectivity index (χ0v) is 10.2. The lowest BCUT2D eigenvalue weighted by molar-refractivity contribution is 0.435. The number of nitrogens with zero attached hydrogens (tertiary/aromatic N) is 1. The van der Waals surface area contributed by atoms with E-state index < -0.39 is 5.82 Å². The summed E-state index contributed by atoms with van der Waals surface area (Å²) < 4.78 is 18.8. The SMILES string of the molecule is Nc1noc(-c2ccc(Cl)c(F)c2)c1I. The predicted octanol–water partition coefficient (Wildman–Crippen LogP) is 3.32. The van der Waals surface area contributed by atoms with Crippen molar-refractivity contribution in [2.75, 3.05) is 5.73 Å². The Morgan fingerprint density at radius 1 is 1.47 bits per heavy atom. The Labute approximate surface area is 104 Å². The van der Waals surface area contributed by atoms with Gasteiger partial charge in [0.15, 0.2) is 11.6 Å². The molecule has 0 amide bonds. The lowest BCUT2D eigenvalue weighted by Gasteiger charge is -1.98. The highest BCUT2D eigenvalue weighted by molar-refractivity contribution is 14.1. The molecule has 1 aromatic carbocycles. The van der Waals surface area contributed by atoms with Gasteiger partial charge in [0.2, 0.25) is 0 Å². The van der Waals surface area contributed by atoms with Gasteiger partial charge in [-0.3, -0.25) is 0 Å². The number of nitrogens with two attached hydrogens (primary N) is 1. The number of hydrogen-bond donors (Lipinski definition) is 1. The molecule has 0 aliphatic heterocycles. The zero-order valence-electron chi connectivity index (χ0n) is 7.30. The van der Waals surface area contributed by atoms with Crippen molar-refractivity contribution in [2.24, 2.45) is 0 Å². The summed E-state index contributed by atoms with van der Waals surface area (Å²) in [6.07, 6.45) is 0. The van der Waals surface area contributed by atoms with E-state index in [0.717, 1.165) is 0 Å². The molecule has 0 saturated carbocycles. The largest absolute Gasteiger partial charge is 0.380 e. The molecule has 0 radical (unpaired) electrons. The minimum atomic E-state index is -0.500. The highest BCUT2D eigenvalue weighted by Crippen LogP contribution is 2.30. The summed E-state index contributed by atoms with van der Waals surface area (Å²) in [6, 6.07) is 4.39. The molecule has 0 unspecified atom stereocenters. The van der Waals surface area contributed by atoms with E-state index >= 15 is 0 Å². The number of hydrogen-bond acceptors (Lipinski definition) is 3. The van der Waals surface area contributed by atoms with Crippen molar-refractivity contribution in [2.45, 2.75) is 0 Å². The fourth-order valence-electron chi connectivity index (χ4n) is 1.11. The van der Waals surface area contributed by atoms with Crippen LogP contribution < -0.4 is 5.73 Å². The molecule has 0 fully saturated rings. The minimum absolute atomic E-state index is 0.0706. The Kier molecular flexibility index (Phi) is 2.83. The normalized spacial score (nSPS) is 10.6. The third-order valence-electron chi connectivity index (χ3n) is 1.84. The Bertz CT molecular complexity index is 515. The van der Waals surface area contributed by atoms with Crippen LogP contribution in [0.15, 0.2) is 22.7 Å². The monoisotopic (exact) mass is 338 g/mol. The Hall–Kier alpha value is -0.820. The van der Waals surface area contributed by atoms with Crippen molar-refractivity contribution in [3.63, 3.8) is 0 Å². The first-order chi connectivity index (χ1) is 7.09. The van der Waals surface area contributed by atoms with Gasteiger partial charge in [-0.25, -0.2) is 4.39 Å². The van der Waals surface area contributed by atoms with Gasteiger partial charge < -0.3 is 10.3 Å². The van der Waals surface area contributed by atoms with Gasteiger partial charge in [-0.05, 0) is 40.8 Å². The highest BCUT2D eigenvalue weighted by atomic mass is 127. The maximum absolute atomic E-state index is 13.2. The first-order valence-electron chi connectivity index (χ1n) is 3.95. The fraction of sp³-hybridized carbons (Fsp3) is 0. The lowest BCUT2D eigenvalue weighted by atomic mass is 10.2. The predicted molar refractivity (Wildman–Crippen MR) is 64.0 cm³/mol. The van der Waals surface area contributed by atoms with Crippen LogP contribution in [-0.2, 0) is 0 Å². The van der Waals surface area contributed by atoms with Crippen LogP contribution in [0.5, 0.6) is 0 Å². The van der Waals surface area contributed by atoms with Crippen LogP contribution >= 0.6 is 34.2 Å². The number of nitrogen functional groups attached to an aromatic ring is 1. The second-order valence-electron chi connectivity index (χ2n) is 2.84. The third-order valence-corrected chi connectivity index (χ3v) is 3.19. The van der Waals surface area contributed by atoms with E-state index in [1.165, 1.54) is 12.1 Å². The van der Waals surface area contributed by atoms with E-state index in [2.05, 4.69) is 5.16 Å². The molecule has 15 heavy (non-hydrogen) atoms. The van der Waals surface area contributed by atoms with Crippen LogP contribution in [0.3, 0.4) is 0 Å². The Morgan fingerprint density at radius 3 is 2.73 bits per heavy atom. The Morgan fingerprint density at radius 2 is 2.20 bits per heavy atom. The van der Waals surface area contributed by atoms with Crippen LogP contribution in [0.1, 0.15) is 0 Å². The molecular weight excluding hydrogens is 333 g/mol. The summed E-state index contributed by atoms with van der Waals surface area (Å²) in [7, 11) is 0. The molecule has 0 aliphatic carbocycles. The van der Waals surface area contributed by atoms with Crippen molar-refractivity contribution < 1.29 is 8.91 Å². The molecule has 2 N–H and O–H groups in total. The maximum Gasteiger partial charge on any atom is 0.182 e. The summed E-state index contributed by atoms with van der Waals surface area (Å²) in [5.41, 5.74) is 6.07. The molecular formula is C9H5ClFIN2O. The molecule has 0 aliphatic rings. The number of rotatable bonds is 1. The zero-order chi connectivity index (χ0) is 11.0. The van der Waals surface area contributed by atoms with Crippen LogP contribution in [0.4, 0.5) is 10.2 Å². The lowest BCUT2D eigenvalue weighted by Crippen LogP contribution is -1.86. The Balaban J connectivity index is 2.55. The fourth-order valence-corrected chi connectivity index (χ4v) is 1.73. The molecule has 3 nitrogen and oxygen atoms in total. The van der Waals surface area contributed by atoms with E-state index in [-0.39, 0.29) is 5.02 Å². The van der Waals surface area contributed by atoms with Crippen LogP contribution in [0, 0.1) is 9.39 Å². The molecule has 0 bridgehead atoms. The van der Waals surface area contributed by atoms with Gasteiger partial charge >= 0.3 is 0 Å². The van der Waals surface area contributed by atoms with Gasteiger partial charge in [0, 0.05) is 5.56 Å². The summed E-state index contributed by atoms with van der Waals surface area (Å²) in [6.45, 7) is 0. The van der Waals surface area contributed by atoms with Gasteiger partial charge in [-0.15, -0.1) is 0 Å². The van der Waals surface area contributed by atoms with Gasteiger partial charge in [0.1, 0.15) is 9.39 Å². The van der Waals surface area contributed by atoms with Gasteiger partial charge in [0.25, 0.3) is 0 Å². The van der Waals surface area contributed by atoms with Crippen molar-refractivity contribution in [1.29, 1.82) is 0 Å². The van der Waals surface area contributed by atoms with E-state index in [1.807, 2.05) is 22.6 Å². The van der Waals surface area contributed by atoms with Crippen molar-refractivity contribution in [1.82, 2.24) is 5.16 Å². The van der Waals surface area contributed by atoms with Crippen LogP contribution in [0.25, 0.3) is 11.3 Å². The van der Waals surface area contributed by atoms with E-state index in [1.54, 1.807) is 6.07 Å². The second-order valence-corrected chi connectivity index (χ2v) is 4.33. The summed E-state index contributed by atoms with van der Waals surface area (Å²) in [4.78, 5) is 0. The van der Waals surface area contributed by atoms with Crippen LogP contribution in [0.2, 0.25) is 5.02 Å². The average Bonchev–Trinajstić information content (AvgIpc) is 2.53. The molecule has 0 spiro atoms. The summed E-state index contributed by atoms with van der Waals surface area (Å²) in [5, 5.41) is 3.66. The van der Waals surface area contributed by atoms with E-state index in [9.17, 15) is 4.39 Å². The first kappa shape index (κ1) is 10.7. The van der Waals surface area contributed by atoms with Crippen molar-refractivity contribution in [3.8, 4) is 11.3 Å². The van der Waals surface area contributed by atoms with Crippen molar-refractivity contribution >= 4 is 40.0 Å². The quantitative estimate of drug-likeness (QED) is 0.812. The topological polar surface area (TPSA) is 52.0 Å². The van der Waals surface area contributed by atoms with Crippen LogP contribution in [-0.4, -0.2) is 5.16 Å². The molecule has 0 saturated heterocycles. The second kappa shape index (κ2) is 3.97. The smallest absolute Gasteiger partial charge is 0.182 e. The molecule has 0 atom stereocenters. The first-order valence-corrected chi connectivity index (χ1v) is 5.41. The maximum atomic E-state index is 13.2. The van der Waals surface area contributed by atoms with Crippen molar-refractivity contribution in [3.05, 3.63) is 32.6 Å². The molecule has 1 aromatic heterocycles. The molecule has 2 rings (SSSR count). The van der Waals surface area contributed by atoms with Gasteiger partial charge in [0.05, 0.1) is 5.02 Å². The molecule has 6 heteroatoms. The summed E-state index contributed by atoms with van der Waals surface area (Å²) >= 11 is 7.55. The third kappa shape index (κ3) is 1.93. The van der Waals surface area contributed by atoms with E-state index in [4.69, 9.17) is 21.9 Å². The number of aromatic nitrogens is 1. The molecule has 2 aromatic rings.